The third-order valence-electron chi connectivity index (χ3n) is 4.46. The molecule has 140 valence electrons. The number of para-hydroxylation sites is 1. The average molecular weight is 365 g/mol. The van der Waals surface area contributed by atoms with Crippen LogP contribution in [0.3, 0.4) is 0 Å². The fourth-order valence-electron chi connectivity index (χ4n) is 2.88. The van der Waals surface area contributed by atoms with E-state index in [0.717, 1.165) is 11.1 Å². The molecule has 3 rings (SSSR count). The molecule has 0 bridgehead atoms. The third-order valence-corrected chi connectivity index (χ3v) is 4.46. The van der Waals surface area contributed by atoms with Crippen molar-refractivity contribution in [2.24, 2.45) is 0 Å². The van der Waals surface area contributed by atoms with Crippen LogP contribution in [0.25, 0.3) is 11.3 Å². The van der Waals surface area contributed by atoms with E-state index in [1.165, 1.54) is 0 Å². The van der Waals surface area contributed by atoms with Gasteiger partial charge in [0.1, 0.15) is 11.4 Å². The van der Waals surface area contributed by atoms with Crippen LogP contribution in [0.4, 0.5) is 0 Å². The average Bonchev–Trinajstić information content (AvgIpc) is 3.16. The van der Waals surface area contributed by atoms with E-state index in [4.69, 9.17) is 4.74 Å². The lowest BCUT2D eigenvalue weighted by Crippen LogP contribution is -2.34. The molecule has 3 aromatic rings. The molecule has 27 heavy (non-hydrogen) atoms. The van der Waals surface area contributed by atoms with E-state index in [0.29, 0.717) is 36.6 Å². The van der Waals surface area contributed by atoms with Gasteiger partial charge in [-0.25, -0.2) is 0 Å². The molecule has 0 radical (unpaired) electrons. The number of nitrogens with one attached hydrogen (secondary N) is 1. The quantitative estimate of drug-likeness (QED) is 0.673. The molecule has 0 saturated carbocycles. The van der Waals surface area contributed by atoms with Gasteiger partial charge in [-0.05, 0) is 36.2 Å². The molecule has 0 spiro atoms. The number of benzene rings is 2. The van der Waals surface area contributed by atoms with Gasteiger partial charge in [0.05, 0.1) is 12.3 Å². The van der Waals surface area contributed by atoms with Gasteiger partial charge < -0.3 is 14.7 Å². The van der Waals surface area contributed by atoms with Gasteiger partial charge in [0.15, 0.2) is 0 Å². The Kier molecular flexibility index (Phi) is 5.88. The number of aromatic nitrogens is 2. The number of phenolic OH excluding ortho intramolecular Hbond substituents is 1. The van der Waals surface area contributed by atoms with Gasteiger partial charge in [0, 0.05) is 25.8 Å². The zero-order valence-electron chi connectivity index (χ0n) is 15.5. The standard InChI is InChI=1S/C21H23N3O3/c1-15-7-3-4-8-16(15)14-24(11-12-27-2)21(26)19-13-18(22-23-19)17-9-5-6-10-20(17)25/h3-10,13,25H,11-12,14H2,1-2H3,(H,22,23). The molecule has 2 aromatic carbocycles. The van der Waals surface area contributed by atoms with Crippen molar-refractivity contribution < 1.29 is 14.6 Å². The third kappa shape index (κ3) is 4.35. The first-order valence-electron chi connectivity index (χ1n) is 8.76. The van der Waals surface area contributed by atoms with Crippen molar-refractivity contribution in [3.63, 3.8) is 0 Å². The highest BCUT2D eigenvalue weighted by atomic mass is 16.5. The highest BCUT2D eigenvalue weighted by molar-refractivity contribution is 5.93. The van der Waals surface area contributed by atoms with Crippen molar-refractivity contribution in [3.8, 4) is 17.0 Å². The summed E-state index contributed by atoms with van der Waals surface area (Å²) >= 11 is 0. The number of ether oxygens (including phenoxy) is 1. The SMILES string of the molecule is COCCN(Cc1ccccc1C)C(=O)c1cc(-c2ccccc2O)n[nH]1. The van der Waals surface area contributed by atoms with Crippen LogP contribution < -0.4 is 0 Å². The summed E-state index contributed by atoms with van der Waals surface area (Å²) in [5.41, 5.74) is 3.70. The number of methoxy groups -OCH3 is 1. The fraction of sp³-hybridized carbons (Fsp3) is 0.238. The fourth-order valence-corrected chi connectivity index (χ4v) is 2.88. The molecule has 6 heteroatoms. The van der Waals surface area contributed by atoms with Gasteiger partial charge in [0.2, 0.25) is 0 Å². The molecule has 0 atom stereocenters. The normalized spacial score (nSPS) is 10.7. The number of carbonyl (C=O) groups is 1. The van der Waals surface area contributed by atoms with Gasteiger partial charge in [-0.2, -0.15) is 5.10 Å². The number of H-pyrrole nitrogens is 1. The number of hydrogen-bond donors (Lipinski definition) is 2. The Morgan fingerprint density at radius 1 is 1.19 bits per heavy atom. The van der Waals surface area contributed by atoms with Crippen LogP contribution in [-0.2, 0) is 11.3 Å². The predicted octanol–water partition coefficient (Wildman–Crippen LogP) is 3.38. The number of amides is 1. The Morgan fingerprint density at radius 3 is 2.67 bits per heavy atom. The van der Waals surface area contributed by atoms with Crippen molar-refractivity contribution in [2.45, 2.75) is 13.5 Å². The van der Waals surface area contributed by atoms with Crippen LogP contribution in [0.1, 0.15) is 21.6 Å². The lowest BCUT2D eigenvalue weighted by Gasteiger charge is -2.22. The second-order valence-corrected chi connectivity index (χ2v) is 6.33. The largest absolute Gasteiger partial charge is 0.507 e. The maximum Gasteiger partial charge on any atom is 0.272 e. The monoisotopic (exact) mass is 365 g/mol. The summed E-state index contributed by atoms with van der Waals surface area (Å²) in [6.45, 7) is 3.42. The van der Waals surface area contributed by atoms with Crippen LogP contribution in [0.15, 0.2) is 54.6 Å². The highest BCUT2D eigenvalue weighted by Gasteiger charge is 2.20. The minimum absolute atomic E-state index is 0.124. The number of nitrogens with zero attached hydrogens (tertiary/aromatic N) is 2. The maximum atomic E-state index is 13.0. The molecule has 0 saturated heterocycles. The van der Waals surface area contributed by atoms with Crippen molar-refractivity contribution in [1.29, 1.82) is 0 Å². The van der Waals surface area contributed by atoms with Crippen LogP contribution in [-0.4, -0.2) is 46.4 Å². The molecule has 0 unspecified atom stereocenters. The number of phenols is 1. The second-order valence-electron chi connectivity index (χ2n) is 6.33. The lowest BCUT2D eigenvalue weighted by molar-refractivity contribution is 0.0674. The van der Waals surface area contributed by atoms with Gasteiger partial charge in [-0.15, -0.1) is 0 Å². The summed E-state index contributed by atoms with van der Waals surface area (Å²) in [5.74, 6) is -0.0383. The molecule has 6 nitrogen and oxygen atoms in total. The first-order chi connectivity index (χ1) is 13.1. The van der Waals surface area contributed by atoms with Crippen LogP contribution in [0, 0.1) is 6.92 Å². The Bertz CT molecular complexity index is 920. The summed E-state index contributed by atoms with van der Waals surface area (Å²) in [5, 5.41) is 17.0. The smallest absolute Gasteiger partial charge is 0.272 e. The van der Waals surface area contributed by atoms with Gasteiger partial charge in [-0.1, -0.05) is 36.4 Å². The zero-order valence-corrected chi connectivity index (χ0v) is 15.5. The van der Waals surface area contributed by atoms with Crippen LogP contribution in [0.2, 0.25) is 0 Å². The number of aryl methyl sites for hydroxylation is 1. The molecule has 0 aliphatic rings. The summed E-state index contributed by atoms with van der Waals surface area (Å²) < 4.78 is 5.16. The molecule has 1 aromatic heterocycles. The number of hydrogen-bond acceptors (Lipinski definition) is 4. The number of aromatic amines is 1. The number of aromatic hydroxyl groups is 1. The van der Waals surface area contributed by atoms with Gasteiger partial charge >= 0.3 is 0 Å². The Morgan fingerprint density at radius 2 is 1.93 bits per heavy atom. The summed E-state index contributed by atoms with van der Waals surface area (Å²) in [7, 11) is 1.61. The van der Waals surface area contributed by atoms with E-state index in [-0.39, 0.29) is 11.7 Å². The van der Waals surface area contributed by atoms with E-state index < -0.39 is 0 Å². The summed E-state index contributed by atoms with van der Waals surface area (Å²) in [4.78, 5) is 14.8. The van der Waals surface area contributed by atoms with Crippen LogP contribution >= 0.6 is 0 Å². The molecule has 0 aliphatic heterocycles. The predicted molar refractivity (Wildman–Crippen MR) is 103 cm³/mol. The second kappa shape index (κ2) is 8.51. The first-order valence-corrected chi connectivity index (χ1v) is 8.76. The van der Waals surface area contributed by atoms with Crippen molar-refractivity contribution >= 4 is 5.91 Å². The van der Waals surface area contributed by atoms with E-state index in [9.17, 15) is 9.90 Å². The highest BCUT2D eigenvalue weighted by Crippen LogP contribution is 2.27. The van der Waals surface area contributed by atoms with Gasteiger partial charge in [0.25, 0.3) is 5.91 Å². The van der Waals surface area contributed by atoms with E-state index in [2.05, 4.69) is 10.2 Å². The molecule has 0 aliphatic carbocycles. The first kappa shape index (κ1) is 18.7. The molecule has 1 heterocycles. The van der Waals surface area contributed by atoms with E-state index in [1.54, 1.807) is 36.3 Å². The van der Waals surface area contributed by atoms with Crippen LogP contribution in [0.5, 0.6) is 5.75 Å². The van der Waals surface area contributed by atoms with Gasteiger partial charge in [-0.3, -0.25) is 9.89 Å². The maximum absolute atomic E-state index is 13.0. The summed E-state index contributed by atoms with van der Waals surface area (Å²) in [6.07, 6.45) is 0. The molecular weight excluding hydrogens is 342 g/mol. The van der Waals surface area contributed by atoms with Crippen molar-refractivity contribution in [3.05, 3.63) is 71.4 Å². The zero-order chi connectivity index (χ0) is 19.2. The Labute approximate surface area is 158 Å². The molecule has 1 amide bonds. The minimum atomic E-state index is -0.163. The number of rotatable bonds is 7. The van der Waals surface area contributed by atoms with Crippen molar-refractivity contribution in [2.75, 3.05) is 20.3 Å². The lowest BCUT2D eigenvalue weighted by atomic mass is 10.1. The molecule has 0 fully saturated rings. The van der Waals surface area contributed by atoms with E-state index in [1.807, 2.05) is 37.3 Å². The Balaban J connectivity index is 1.84. The summed E-state index contributed by atoms with van der Waals surface area (Å²) in [6, 6.07) is 16.6. The van der Waals surface area contributed by atoms with E-state index >= 15 is 0 Å². The topological polar surface area (TPSA) is 78.4 Å². The molecular formula is C21H23N3O3. The minimum Gasteiger partial charge on any atom is -0.507 e. The number of carbonyl (C=O) groups excluding carboxylic acids is 1. The van der Waals surface area contributed by atoms with Crippen molar-refractivity contribution in [1.82, 2.24) is 15.1 Å². The molecule has 2 N–H and O–H groups in total. The Hall–Kier alpha value is -3.12.